The number of alkyl halides is 3. The van der Waals surface area contributed by atoms with Crippen LogP contribution in [0.25, 0.3) is 0 Å². The molecule has 0 saturated carbocycles. The first-order chi connectivity index (χ1) is 12.4. The number of amides is 2. The van der Waals surface area contributed by atoms with Crippen molar-refractivity contribution in [3.05, 3.63) is 65.7 Å². The molecule has 1 N–H and O–H groups in total. The number of rotatable bonds is 2. The van der Waals surface area contributed by atoms with E-state index in [1.165, 1.54) is 18.2 Å². The standard InChI is InChI=1S/C20H21F3N2O/c21-20(22,23)17-11-4-5-12-18(17)24-19(26)25-13-7-6-10-16(14-25)15-8-2-1-3-9-15/h1-5,8-9,11-12,16H,6-7,10,13-14H2,(H,24,26). The van der Waals surface area contributed by atoms with Crippen molar-refractivity contribution in [2.75, 3.05) is 18.4 Å². The Morgan fingerprint density at radius 1 is 1.00 bits per heavy atom. The van der Waals surface area contributed by atoms with Crippen molar-refractivity contribution in [2.45, 2.75) is 31.4 Å². The molecule has 138 valence electrons. The molecule has 3 rings (SSSR count). The fourth-order valence-electron chi connectivity index (χ4n) is 3.36. The van der Waals surface area contributed by atoms with E-state index in [4.69, 9.17) is 0 Å². The lowest BCUT2D eigenvalue weighted by Crippen LogP contribution is -2.37. The lowest BCUT2D eigenvalue weighted by molar-refractivity contribution is -0.136. The minimum absolute atomic E-state index is 0.197. The largest absolute Gasteiger partial charge is 0.418 e. The highest BCUT2D eigenvalue weighted by atomic mass is 19.4. The summed E-state index contributed by atoms with van der Waals surface area (Å²) in [6.07, 6.45) is -1.71. The molecular formula is C20H21F3N2O. The van der Waals surface area contributed by atoms with Crippen LogP contribution in [0, 0.1) is 0 Å². The zero-order valence-electron chi connectivity index (χ0n) is 14.3. The van der Waals surface area contributed by atoms with Gasteiger partial charge in [-0.3, -0.25) is 0 Å². The average Bonchev–Trinajstić information content (AvgIpc) is 2.88. The first-order valence-corrected chi connectivity index (χ1v) is 8.72. The van der Waals surface area contributed by atoms with Crippen molar-refractivity contribution in [3.8, 4) is 0 Å². The van der Waals surface area contributed by atoms with Gasteiger partial charge < -0.3 is 10.2 Å². The number of benzene rings is 2. The monoisotopic (exact) mass is 362 g/mol. The van der Waals surface area contributed by atoms with Gasteiger partial charge in [-0.1, -0.05) is 48.9 Å². The van der Waals surface area contributed by atoms with Crippen LogP contribution < -0.4 is 5.32 Å². The molecule has 1 heterocycles. The zero-order valence-corrected chi connectivity index (χ0v) is 14.3. The van der Waals surface area contributed by atoms with Crippen LogP contribution in [0.2, 0.25) is 0 Å². The second-order valence-corrected chi connectivity index (χ2v) is 6.52. The lowest BCUT2D eigenvalue weighted by atomic mass is 9.94. The van der Waals surface area contributed by atoms with E-state index < -0.39 is 17.8 Å². The Morgan fingerprint density at radius 2 is 1.69 bits per heavy atom. The average molecular weight is 362 g/mol. The molecule has 3 nitrogen and oxygen atoms in total. The summed E-state index contributed by atoms with van der Waals surface area (Å²) >= 11 is 0. The topological polar surface area (TPSA) is 32.3 Å². The summed E-state index contributed by atoms with van der Waals surface area (Å²) in [6, 6.07) is 14.5. The number of urea groups is 1. The molecule has 1 unspecified atom stereocenters. The zero-order chi connectivity index (χ0) is 18.6. The van der Waals surface area contributed by atoms with E-state index in [9.17, 15) is 18.0 Å². The van der Waals surface area contributed by atoms with E-state index in [1.807, 2.05) is 30.3 Å². The summed E-state index contributed by atoms with van der Waals surface area (Å²) in [4.78, 5) is 14.2. The Bertz CT molecular complexity index is 746. The third-order valence-electron chi connectivity index (χ3n) is 4.70. The van der Waals surface area contributed by atoms with Crippen LogP contribution in [0.5, 0.6) is 0 Å². The number of hydrogen-bond donors (Lipinski definition) is 1. The van der Waals surface area contributed by atoms with Crippen LogP contribution in [0.1, 0.15) is 36.3 Å². The molecule has 1 fully saturated rings. The van der Waals surface area contributed by atoms with Gasteiger partial charge in [-0.15, -0.1) is 0 Å². The molecule has 1 aliphatic heterocycles. The number of nitrogens with zero attached hydrogens (tertiary/aromatic N) is 1. The van der Waals surface area contributed by atoms with E-state index in [2.05, 4.69) is 5.32 Å². The highest BCUT2D eigenvalue weighted by molar-refractivity contribution is 5.90. The Balaban J connectivity index is 1.75. The van der Waals surface area contributed by atoms with Gasteiger partial charge in [-0.25, -0.2) is 4.79 Å². The molecule has 0 aliphatic carbocycles. The van der Waals surface area contributed by atoms with E-state index in [0.717, 1.165) is 30.9 Å². The minimum Gasteiger partial charge on any atom is -0.324 e. The van der Waals surface area contributed by atoms with Crippen molar-refractivity contribution in [1.82, 2.24) is 4.90 Å². The van der Waals surface area contributed by atoms with E-state index >= 15 is 0 Å². The molecule has 2 aromatic carbocycles. The number of likely N-dealkylation sites (tertiary alicyclic amines) is 1. The summed E-state index contributed by atoms with van der Waals surface area (Å²) in [5, 5.41) is 2.45. The van der Waals surface area contributed by atoms with Crippen molar-refractivity contribution in [2.24, 2.45) is 0 Å². The fraction of sp³-hybridized carbons (Fsp3) is 0.350. The van der Waals surface area contributed by atoms with Crippen LogP contribution in [-0.4, -0.2) is 24.0 Å². The van der Waals surface area contributed by atoms with Gasteiger partial charge in [0.2, 0.25) is 0 Å². The number of carbonyl (C=O) groups excluding carboxylic acids is 1. The predicted molar refractivity (Wildman–Crippen MR) is 95.1 cm³/mol. The number of para-hydroxylation sites is 1. The molecule has 0 bridgehead atoms. The summed E-state index contributed by atoms with van der Waals surface area (Å²) in [6.45, 7) is 1.05. The number of carbonyl (C=O) groups is 1. The summed E-state index contributed by atoms with van der Waals surface area (Å²) < 4.78 is 39.4. The van der Waals surface area contributed by atoms with Gasteiger partial charge in [0.1, 0.15) is 0 Å². The Morgan fingerprint density at radius 3 is 2.42 bits per heavy atom. The maximum atomic E-state index is 13.1. The van der Waals surface area contributed by atoms with Crippen molar-refractivity contribution in [3.63, 3.8) is 0 Å². The Hall–Kier alpha value is -2.50. The quantitative estimate of drug-likeness (QED) is 0.751. The normalized spacial score (nSPS) is 18.3. The van der Waals surface area contributed by atoms with Gasteiger partial charge in [-0.2, -0.15) is 13.2 Å². The highest BCUT2D eigenvalue weighted by Gasteiger charge is 2.34. The van der Waals surface area contributed by atoms with Gasteiger partial charge in [-0.05, 0) is 30.5 Å². The Kier molecular flexibility index (Phi) is 5.49. The Labute approximate surface area is 150 Å². The molecular weight excluding hydrogens is 341 g/mol. The van der Waals surface area contributed by atoms with Gasteiger partial charge in [0.05, 0.1) is 11.3 Å². The molecule has 0 aromatic heterocycles. The van der Waals surface area contributed by atoms with Crippen molar-refractivity contribution >= 4 is 11.7 Å². The second-order valence-electron chi connectivity index (χ2n) is 6.52. The smallest absolute Gasteiger partial charge is 0.324 e. The van der Waals surface area contributed by atoms with Crippen LogP contribution >= 0.6 is 0 Å². The SMILES string of the molecule is O=C(Nc1ccccc1C(F)(F)F)N1CCCCC(c2ccccc2)C1. The van der Waals surface area contributed by atoms with Gasteiger partial charge in [0, 0.05) is 19.0 Å². The predicted octanol–water partition coefficient (Wildman–Crippen LogP) is 5.51. The highest BCUT2D eigenvalue weighted by Crippen LogP contribution is 2.35. The minimum atomic E-state index is -4.50. The maximum Gasteiger partial charge on any atom is 0.418 e. The first kappa shape index (κ1) is 18.3. The molecule has 1 saturated heterocycles. The molecule has 26 heavy (non-hydrogen) atoms. The summed E-state index contributed by atoms with van der Waals surface area (Å²) in [5.41, 5.74) is 0.121. The number of halogens is 3. The molecule has 1 aliphatic rings. The number of nitrogens with one attached hydrogen (secondary N) is 1. The first-order valence-electron chi connectivity index (χ1n) is 8.72. The lowest BCUT2D eigenvalue weighted by Gasteiger charge is -2.26. The fourth-order valence-corrected chi connectivity index (χ4v) is 3.36. The molecule has 1 atom stereocenters. The molecule has 0 radical (unpaired) electrons. The third-order valence-corrected chi connectivity index (χ3v) is 4.70. The van der Waals surface area contributed by atoms with Crippen molar-refractivity contribution in [1.29, 1.82) is 0 Å². The van der Waals surface area contributed by atoms with E-state index in [-0.39, 0.29) is 11.6 Å². The molecule has 6 heteroatoms. The number of anilines is 1. The number of hydrogen-bond acceptors (Lipinski definition) is 1. The maximum absolute atomic E-state index is 13.1. The second kappa shape index (κ2) is 7.81. The van der Waals surface area contributed by atoms with Crippen LogP contribution in [0.3, 0.4) is 0 Å². The van der Waals surface area contributed by atoms with Gasteiger partial charge in [0.25, 0.3) is 0 Å². The van der Waals surface area contributed by atoms with Crippen LogP contribution in [-0.2, 0) is 6.18 Å². The summed E-state index contributed by atoms with van der Waals surface area (Å²) in [5.74, 6) is 0.197. The van der Waals surface area contributed by atoms with Crippen LogP contribution in [0.4, 0.5) is 23.7 Å². The third kappa shape index (κ3) is 4.36. The van der Waals surface area contributed by atoms with Gasteiger partial charge in [0.15, 0.2) is 0 Å². The van der Waals surface area contributed by atoms with E-state index in [0.29, 0.717) is 13.1 Å². The van der Waals surface area contributed by atoms with E-state index in [1.54, 1.807) is 4.90 Å². The van der Waals surface area contributed by atoms with Crippen LogP contribution in [0.15, 0.2) is 54.6 Å². The summed E-state index contributed by atoms with van der Waals surface area (Å²) in [7, 11) is 0. The van der Waals surface area contributed by atoms with Gasteiger partial charge >= 0.3 is 12.2 Å². The molecule has 0 spiro atoms. The molecule has 2 aromatic rings. The van der Waals surface area contributed by atoms with Crippen molar-refractivity contribution < 1.29 is 18.0 Å². The molecule has 2 amide bonds.